The number of nitrogens with zero attached hydrogens (tertiary/aromatic N) is 2. The number of ether oxygens (including phenoxy) is 1. The minimum atomic E-state index is 0.0640. The summed E-state index contributed by atoms with van der Waals surface area (Å²) in [6, 6.07) is 8.19. The van der Waals surface area contributed by atoms with Crippen LogP contribution in [0.2, 0.25) is 0 Å². The van der Waals surface area contributed by atoms with Crippen molar-refractivity contribution >= 4 is 10.8 Å². The Bertz CT molecular complexity index is 585. The van der Waals surface area contributed by atoms with Crippen LogP contribution in [0, 0.1) is 6.92 Å². The Hall–Kier alpha value is -1.68. The molecule has 0 spiro atoms. The maximum absolute atomic E-state index is 6.13. The van der Waals surface area contributed by atoms with E-state index in [2.05, 4.69) is 10.2 Å². The number of fused-ring (bicyclic) bond motifs is 1. The van der Waals surface area contributed by atoms with Crippen LogP contribution in [0.5, 0.6) is 5.88 Å². The van der Waals surface area contributed by atoms with Crippen LogP contribution in [0.15, 0.2) is 24.3 Å². The van der Waals surface area contributed by atoms with Crippen LogP contribution < -0.4 is 10.5 Å². The maximum Gasteiger partial charge on any atom is 0.241 e. The summed E-state index contributed by atoms with van der Waals surface area (Å²) in [6.45, 7) is 1.96. The Balaban J connectivity index is 1.94. The van der Waals surface area contributed by atoms with Crippen molar-refractivity contribution in [2.24, 2.45) is 5.73 Å². The van der Waals surface area contributed by atoms with Crippen molar-refractivity contribution in [1.29, 1.82) is 0 Å². The van der Waals surface area contributed by atoms with Gasteiger partial charge in [-0.25, -0.2) is 0 Å². The highest BCUT2D eigenvalue weighted by Gasteiger charge is 2.24. The predicted octanol–water partition coefficient (Wildman–Crippen LogP) is 2.59. The van der Waals surface area contributed by atoms with Crippen molar-refractivity contribution in [3.05, 3.63) is 30.0 Å². The van der Waals surface area contributed by atoms with Gasteiger partial charge in [0.1, 0.15) is 6.10 Å². The molecular weight excluding hydrogens is 238 g/mol. The average Bonchev–Trinajstić information content (AvgIpc) is 2.44. The van der Waals surface area contributed by atoms with E-state index < -0.39 is 0 Å². The molecule has 19 heavy (non-hydrogen) atoms. The van der Waals surface area contributed by atoms with Crippen molar-refractivity contribution in [2.75, 3.05) is 0 Å². The third kappa shape index (κ3) is 2.40. The summed E-state index contributed by atoms with van der Waals surface area (Å²) in [6.07, 6.45) is 4.47. The second-order valence-corrected chi connectivity index (χ2v) is 5.24. The van der Waals surface area contributed by atoms with Crippen LogP contribution in [0.25, 0.3) is 10.8 Å². The highest BCUT2D eigenvalue weighted by atomic mass is 16.5. The first-order valence-corrected chi connectivity index (χ1v) is 6.90. The van der Waals surface area contributed by atoms with Gasteiger partial charge >= 0.3 is 0 Å². The maximum atomic E-state index is 6.13. The predicted molar refractivity (Wildman–Crippen MR) is 75.1 cm³/mol. The molecule has 100 valence electrons. The fourth-order valence-corrected chi connectivity index (χ4v) is 2.72. The topological polar surface area (TPSA) is 61.0 Å². The van der Waals surface area contributed by atoms with Crippen LogP contribution in [0.3, 0.4) is 0 Å². The second-order valence-electron chi connectivity index (χ2n) is 5.24. The van der Waals surface area contributed by atoms with Crippen molar-refractivity contribution in [2.45, 2.75) is 44.8 Å². The Morgan fingerprint density at radius 2 is 1.84 bits per heavy atom. The number of nitrogens with two attached hydrogens (primary N) is 1. The summed E-state index contributed by atoms with van der Waals surface area (Å²) in [7, 11) is 0. The Kier molecular flexibility index (Phi) is 3.34. The molecule has 1 aromatic carbocycles. The number of rotatable bonds is 2. The first-order chi connectivity index (χ1) is 9.25. The molecule has 1 fully saturated rings. The summed E-state index contributed by atoms with van der Waals surface area (Å²) in [5.74, 6) is 0.614. The second kappa shape index (κ2) is 5.13. The van der Waals surface area contributed by atoms with Gasteiger partial charge in [0, 0.05) is 16.8 Å². The molecule has 2 N–H and O–H groups in total. The molecule has 0 saturated heterocycles. The molecule has 2 aromatic rings. The van der Waals surface area contributed by atoms with Crippen molar-refractivity contribution in [1.82, 2.24) is 10.2 Å². The molecule has 1 aromatic heterocycles. The van der Waals surface area contributed by atoms with Gasteiger partial charge in [0.2, 0.25) is 5.88 Å². The highest BCUT2D eigenvalue weighted by molar-refractivity contribution is 5.88. The van der Waals surface area contributed by atoms with E-state index in [1.807, 2.05) is 31.2 Å². The van der Waals surface area contributed by atoms with Gasteiger partial charge in [-0.2, -0.15) is 5.10 Å². The number of aryl methyl sites for hydroxylation is 1. The van der Waals surface area contributed by atoms with Gasteiger partial charge in [0.05, 0.1) is 5.69 Å². The van der Waals surface area contributed by atoms with Gasteiger partial charge in [-0.3, -0.25) is 0 Å². The molecule has 4 nitrogen and oxygen atoms in total. The molecule has 0 radical (unpaired) electrons. The van der Waals surface area contributed by atoms with Crippen LogP contribution in [-0.4, -0.2) is 22.3 Å². The fourth-order valence-electron chi connectivity index (χ4n) is 2.72. The molecule has 1 saturated carbocycles. The van der Waals surface area contributed by atoms with Gasteiger partial charge in [0.25, 0.3) is 0 Å². The van der Waals surface area contributed by atoms with Gasteiger partial charge in [0.15, 0.2) is 0 Å². The smallest absolute Gasteiger partial charge is 0.241 e. The molecule has 0 amide bonds. The third-order valence-corrected chi connectivity index (χ3v) is 3.85. The van der Waals surface area contributed by atoms with Crippen LogP contribution in [0.1, 0.15) is 31.4 Å². The quantitative estimate of drug-likeness (QED) is 0.898. The molecule has 0 bridgehead atoms. The lowest BCUT2D eigenvalue weighted by Crippen LogP contribution is -2.41. The van der Waals surface area contributed by atoms with Crippen LogP contribution >= 0.6 is 0 Å². The average molecular weight is 257 g/mol. The molecule has 4 heteroatoms. The Labute approximate surface area is 113 Å². The minimum Gasteiger partial charge on any atom is -0.471 e. The van der Waals surface area contributed by atoms with E-state index in [-0.39, 0.29) is 12.1 Å². The number of benzene rings is 1. The Morgan fingerprint density at radius 3 is 2.63 bits per heavy atom. The fraction of sp³-hybridized carbons (Fsp3) is 0.467. The van der Waals surface area contributed by atoms with Gasteiger partial charge in [-0.05, 0) is 32.3 Å². The van der Waals surface area contributed by atoms with Crippen molar-refractivity contribution in [3.63, 3.8) is 0 Å². The summed E-state index contributed by atoms with van der Waals surface area (Å²) >= 11 is 0. The van der Waals surface area contributed by atoms with E-state index in [1.54, 1.807) is 0 Å². The molecular formula is C15H19N3O. The zero-order valence-corrected chi connectivity index (χ0v) is 11.2. The first kappa shape index (κ1) is 12.4. The first-order valence-electron chi connectivity index (χ1n) is 6.90. The number of hydrogen-bond donors (Lipinski definition) is 1. The van der Waals surface area contributed by atoms with E-state index >= 15 is 0 Å². The van der Waals surface area contributed by atoms with Crippen molar-refractivity contribution < 1.29 is 4.74 Å². The number of aromatic nitrogens is 2. The molecule has 3 rings (SSSR count). The van der Waals surface area contributed by atoms with E-state index in [0.29, 0.717) is 5.88 Å². The molecule has 2 atom stereocenters. The van der Waals surface area contributed by atoms with Gasteiger partial charge < -0.3 is 10.5 Å². The summed E-state index contributed by atoms with van der Waals surface area (Å²) < 4.78 is 6.04. The monoisotopic (exact) mass is 257 g/mol. The van der Waals surface area contributed by atoms with E-state index in [9.17, 15) is 0 Å². The summed E-state index contributed by atoms with van der Waals surface area (Å²) in [4.78, 5) is 0. The number of hydrogen-bond acceptors (Lipinski definition) is 4. The lowest BCUT2D eigenvalue weighted by Gasteiger charge is -2.28. The lowest BCUT2D eigenvalue weighted by atomic mass is 9.93. The molecule has 1 aliphatic rings. The van der Waals surface area contributed by atoms with E-state index in [1.165, 1.54) is 12.8 Å². The zero-order chi connectivity index (χ0) is 13.2. The highest BCUT2D eigenvalue weighted by Crippen LogP contribution is 2.28. The summed E-state index contributed by atoms with van der Waals surface area (Å²) in [5, 5.41) is 10.5. The van der Waals surface area contributed by atoms with E-state index in [0.717, 1.165) is 29.3 Å². The molecule has 1 aliphatic carbocycles. The standard InChI is InChI=1S/C15H19N3O/c1-10-11-6-2-3-7-12(11)15(18-17-10)19-14-9-5-4-8-13(14)16/h2-3,6-7,13-14H,4-5,8-9,16H2,1H3. The third-order valence-electron chi connectivity index (χ3n) is 3.85. The molecule has 1 heterocycles. The largest absolute Gasteiger partial charge is 0.471 e. The zero-order valence-electron chi connectivity index (χ0n) is 11.2. The summed E-state index contributed by atoms with van der Waals surface area (Å²) in [5.41, 5.74) is 7.05. The molecule has 2 unspecified atom stereocenters. The minimum absolute atomic E-state index is 0.0640. The molecule has 0 aliphatic heterocycles. The van der Waals surface area contributed by atoms with Crippen LogP contribution in [-0.2, 0) is 0 Å². The van der Waals surface area contributed by atoms with Gasteiger partial charge in [-0.1, -0.05) is 24.6 Å². The lowest BCUT2D eigenvalue weighted by molar-refractivity contribution is 0.127. The van der Waals surface area contributed by atoms with E-state index in [4.69, 9.17) is 10.5 Å². The Morgan fingerprint density at radius 1 is 1.11 bits per heavy atom. The normalized spacial score (nSPS) is 23.5. The van der Waals surface area contributed by atoms with Gasteiger partial charge in [-0.15, -0.1) is 5.10 Å². The SMILES string of the molecule is Cc1nnc(OC2CCCCC2N)c2ccccc12. The van der Waals surface area contributed by atoms with Crippen molar-refractivity contribution in [3.8, 4) is 5.88 Å². The van der Waals surface area contributed by atoms with Crippen LogP contribution in [0.4, 0.5) is 0 Å².